The molecule has 0 saturated heterocycles. The van der Waals surface area contributed by atoms with Crippen LogP contribution in [0.2, 0.25) is 9.88 Å². The predicted molar refractivity (Wildman–Crippen MR) is 95.7 cm³/mol. The first-order valence-electron chi connectivity index (χ1n) is 7.57. The zero-order valence-corrected chi connectivity index (χ0v) is 15.1. The summed E-state index contributed by atoms with van der Waals surface area (Å²) in [5.74, 6) is 0. The third-order valence-electron chi connectivity index (χ3n) is 5.23. The van der Waals surface area contributed by atoms with Crippen LogP contribution in [-0.2, 0) is 0 Å². The van der Waals surface area contributed by atoms with Gasteiger partial charge in [-0.25, -0.2) is 0 Å². The second-order valence-corrected chi connectivity index (χ2v) is 19.0. The zero-order chi connectivity index (χ0) is 14.2. The Morgan fingerprint density at radius 3 is 1.43 bits per heavy atom. The standard InChI is InChI=1S/C18H10.2CH3.Sn/c1-2-8-14-13(7-1)15-9-3-4-11-17(15)18-12-6-5-10-16(14)18;;;/h1-10H;2*1H3;. The fraction of sp³-hybridized carbons (Fsp3) is 0.100. The van der Waals surface area contributed by atoms with Crippen molar-refractivity contribution >= 4 is 57.9 Å². The maximum atomic E-state index is 2.56. The van der Waals surface area contributed by atoms with E-state index in [1.165, 1.54) is 21.5 Å². The molecule has 21 heavy (non-hydrogen) atoms. The third kappa shape index (κ3) is 1.32. The average Bonchev–Trinajstić information content (AvgIpc) is 2.76. The van der Waals surface area contributed by atoms with Crippen LogP contribution in [0.15, 0.2) is 60.7 Å². The van der Waals surface area contributed by atoms with Crippen LogP contribution in [0.3, 0.4) is 0 Å². The van der Waals surface area contributed by atoms with Crippen LogP contribution in [0.4, 0.5) is 0 Å². The van der Waals surface area contributed by atoms with E-state index in [0.717, 1.165) is 0 Å². The van der Waals surface area contributed by atoms with Gasteiger partial charge in [-0.05, 0) is 0 Å². The molecule has 0 nitrogen and oxygen atoms in total. The van der Waals surface area contributed by atoms with Crippen molar-refractivity contribution in [2.75, 3.05) is 0 Å². The van der Waals surface area contributed by atoms with E-state index in [1.807, 2.05) is 0 Å². The fourth-order valence-corrected chi connectivity index (χ4v) is 13.0. The molecule has 0 unspecified atom stereocenters. The van der Waals surface area contributed by atoms with Gasteiger partial charge in [0.25, 0.3) is 0 Å². The topological polar surface area (TPSA) is 0 Å². The van der Waals surface area contributed by atoms with Crippen molar-refractivity contribution in [1.29, 1.82) is 0 Å². The first kappa shape index (κ1) is 12.0. The molecule has 0 aliphatic carbocycles. The van der Waals surface area contributed by atoms with Crippen LogP contribution in [0.5, 0.6) is 0 Å². The second kappa shape index (κ2) is 3.80. The van der Waals surface area contributed by atoms with Gasteiger partial charge in [-0.15, -0.1) is 0 Å². The Kier molecular flexibility index (Phi) is 2.18. The SMILES string of the molecule is [CH3][Sn]1([CH3])[c]2cccc3c4ccccc4c4ccc[c]1c4c23. The molecule has 0 spiro atoms. The van der Waals surface area contributed by atoms with Gasteiger partial charge in [0.15, 0.2) is 0 Å². The van der Waals surface area contributed by atoms with E-state index in [0.29, 0.717) is 0 Å². The quantitative estimate of drug-likeness (QED) is 0.318. The Labute approximate surface area is 128 Å². The van der Waals surface area contributed by atoms with E-state index < -0.39 is 18.4 Å². The van der Waals surface area contributed by atoms with Crippen molar-refractivity contribution in [2.24, 2.45) is 0 Å². The van der Waals surface area contributed by atoms with E-state index in [1.54, 1.807) is 17.9 Å². The molecule has 4 aromatic rings. The van der Waals surface area contributed by atoms with Crippen LogP contribution in [-0.4, -0.2) is 18.4 Å². The summed E-state index contributed by atoms with van der Waals surface area (Å²) in [7, 11) is 0. The Bertz CT molecular complexity index is 973. The minimum absolute atomic E-state index is 1.41. The van der Waals surface area contributed by atoms with E-state index in [2.05, 4.69) is 70.5 Å². The molecule has 0 N–H and O–H groups in total. The molecule has 1 aliphatic rings. The molecule has 0 fully saturated rings. The molecule has 0 atom stereocenters. The molecule has 100 valence electrons. The predicted octanol–water partition coefficient (Wildman–Crippen LogP) is 4.28. The van der Waals surface area contributed by atoms with Crippen LogP contribution in [0, 0.1) is 0 Å². The van der Waals surface area contributed by atoms with Crippen molar-refractivity contribution in [3.63, 3.8) is 0 Å². The molecule has 4 aromatic carbocycles. The molecular formula is C20H16Sn. The number of rotatable bonds is 0. The normalized spacial score (nSPS) is 15.5. The molecule has 1 heteroatoms. The fourth-order valence-electron chi connectivity index (χ4n) is 4.23. The summed E-state index contributed by atoms with van der Waals surface area (Å²) in [5, 5.41) is 8.83. The second-order valence-electron chi connectivity index (χ2n) is 6.63. The number of fused-ring (bicyclic) bond motifs is 3. The Balaban J connectivity index is 2.26. The number of hydrogen-bond donors (Lipinski definition) is 0. The number of hydrogen-bond acceptors (Lipinski definition) is 0. The van der Waals surface area contributed by atoms with E-state index in [4.69, 9.17) is 0 Å². The van der Waals surface area contributed by atoms with Crippen LogP contribution >= 0.6 is 0 Å². The molecule has 1 aliphatic heterocycles. The molecule has 0 saturated carbocycles. The van der Waals surface area contributed by atoms with Crippen LogP contribution in [0.25, 0.3) is 32.3 Å². The Morgan fingerprint density at radius 2 is 0.952 bits per heavy atom. The van der Waals surface area contributed by atoms with Crippen molar-refractivity contribution < 1.29 is 0 Å². The van der Waals surface area contributed by atoms with Gasteiger partial charge in [0, 0.05) is 0 Å². The van der Waals surface area contributed by atoms with Gasteiger partial charge in [0.1, 0.15) is 0 Å². The molecule has 0 amide bonds. The summed E-state index contributed by atoms with van der Waals surface area (Å²) in [6.45, 7) is 0. The first-order chi connectivity index (χ1) is 10.2. The minimum atomic E-state index is -2.38. The third-order valence-corrected chi connectivity index (χ3v) is 15.3. The summed E-state index contributed by atoms with van der Waals surface area (Å²) in [6.07, 6.45) is 0. The molecule has 1 heterocycles. The number of benzene rings is 4. The van der Waals surface area contributed by atoms with Crippen molar-refractivity contribution in [1.82, 2.24) is 0 Å². The van der Waals surface area contributed by atoms with Crippen LogP contribution in [0.1, 0.15) is 0 Å². The van der Waals surface area contributed by atoms with Gasteiger partial charge in [0.05, 0.1) is 0 Å². The molecular weight excluding hydrogens is 359 g/mol. The summed E-state index contributed by atoms with van der Waals surface area (Å²) in [4.78, 5) is 5.12. The van der Waals surface area contributed by atoms with E-state index in [-0.39, 0.29) is 0 Å². The summed E-state index contributed by atoms with van der Waals surface area (Å²) >= 11 is -2.38. The first-order valence-corrected chi connectivity index (χ1v) is 16.1. The summed E-state index contributed by atoms with van der Waals surface area (Å²) in [5.41, 5.74) is 0. The van der Waals surface area contributed by atoms with Crippen molar-refractivity contribution in [2.45, 2.75) is 9.88 Å². The van der Waals surface area contributed by atoms with E-state index in [9.17, 15) is 0 Å². The van der Waals surface area contributed by atoms with E-state index >= 15 is 0 Å². The van der Waals surface area contributed by atoms with Gasteiger partial charge in [0.2, 0.25) is 0 Å². The van der Waals surface area contributed by atoms with Crippen molar-refractivity contribution in [3.05, 3.63) is 60.7 Å². The Morgan fingerprint density at radius 1 is 0.524 bits per heavy atom. The average molecular weight is 375 g/mol. The molecule has 0 aromatic heterocycles. The van der Waals surface area contributed by atoms with Crippen LogP contribution < -0.4 is 7.16 Å². The summed E-state index contributed by atoms with van der Waals surface area (Å²) < 4.78 is 3.36. The molecule has 0 bridgehead atoms. The van der Waals surface area contributed by atoms with Crippen molar-refractivity contribution in [3.8, 4) is 0 Å². The molecule has 5 rings (SSSR count). The summed E-state index contributed by atoms with van der Waals surface area (Å²) in [6, 6.07) is 22.8. The van der Waals surface area contributed by atoms with Gasteiger partial charge in [-0.3, -0.25) is 0 Å². The monoisotopic (exact) mass is 376 g/mol. The maximum absolute atomic E-state index is 2.56. The van der Waals surface area contributed by atoms with Gasteiger partial charge < -0.3 is 0 Å². The molecule has 0 radical (unpaired) electrons. The Hall–Kier alpha value is -1.54. The van der Waals surface area contributed by atoms with Gasteiger partial charge in [-0.1, -0.05) is 0 Å². The van der Waals surface area contributed by atoms with Gasteiger partial charge >= 0.3 is 128 Å². The van der Waals surface area contributed by atoms with Gasteiger partial charge in [-0.2, -0.15) is 0 Å². The zero-order valence-electron chi connectivity index (χ0n) is 12.3.